The monoisotopic (exact) mass is 282 g/mol. The molecule has 1 unspecified atom stereocenters. The van der Waals surface area contributed by atoms with Crippen LogP contribution in [-0.4, -0.2) is 35.1 Å². The van der Waals surface area contributed by atoms with E-state index < -0.39 is 28.5 Å². The lowest BCUT2D eigenvalue weighted by Crippen LogP contribution is -2.40. The number of methoxy groups -OCH3 is 1. The van der Waals surface area contributed by atoms with Gasteiger partial charge in [0, 0.05) is 6.07 Å². The number of nitro groups is 1. The van der Waals surface area contributed by atoms with Gasteiger partial charge in [-0.1, -0.05) is 6.92 Å². The number of nitrogens with zero attached hydrogens (tertiary/aromatic N) is 1. The van der Waals surface area contributed by atoms with Gasteiger partial charge in [-0.25, -0.2) is 4.79 Å². The number of carbonyl (C=O) groups excluding carboxylic acids is 1. The molecule has 0 bridgehead atoms. The molecule has 1 rings (SSSR count). The van der Waals surface area contributed by atoms with Gasteiger partial charge in [0.1, 0.15) is 17.4 Å². The van der Waals surface area contributed by atoms with Crippen LogP contribution < -0.4 is 10.1 Å². The molecule has 0 fully saturated rings. The van der Waals surface area contributed by atoms with Gasteiger partial charge in [0.2, 0.25) is 0 Å². The second-order valence-corrected chi connectivity index (χ2v) is 3.91. The summed E-state index contributed by atoms with van der Waals surface area (Å²) in [4.78, 5) is 33.0. The van der Waals surface area contributed by atoms with Crippen molar-refractivity contribution in [2.75, 3.05) is 7.11 Å². The molecule has 2 N–H and O–H groups in total. The first-order valence-electron chi connectivity index (χ1n) is 5.76. The SMILES string of the molecule is CCC(NC(=O)c1cc(OC)ccc1[N+](=O)[O-])C(=O)O. The zero-order valence-corrected chi connectivity index (χ0v) is 11.0. The van der Waals surface area contributed by atoms with E-state index in [2.05, 4.69) is 5.32 Å². The lowest BCUT2D eigenvalue weighted by atomic mass is 10.1. The fourth-order valence-electron chi connectivity index (χ4n) is 1.56. The Kier molecular flexibility index (Phi) is 5.01. The number of nitrogens with one attached hydrogen (secondary N) is 1. The van der Waals surface area contributed by atoms with Gasteiger partial charge in [-0.15, -0.1) is 0 Å². The van der Waals surface area contributed by atoms with Crippen LogP contribution in [0.5, 0.6) is 5.75 Å². The predicted octanol–water partition coefficient (Wildman–Crippen LogP) is 1.20. The minimum absolute atomic E-state index is 0.166. The summed E-state index contributed by atoms with van der Waals surface area (Å²) >= 11 is 0. The second kappa shape index (κ2) is 6.50. The maximum absolute atomic E-state index is 12.0. The van der Waals surface area contributed by atoms with Crippen LogP contribution in [-0.2, 0) is 4.79 Å². The molecule has 0 heterocycles. The summed E-state index contributed by atoms with van der Waals surface area (Å²) in [7, 11) is 1.36. The van der Waals surface area contributed by atoms with Crippen LogP contribution in [0.1, 0.15) is 23.7 Å². The summed E-state index contributed by atoms with van der Waals surface area (Å²) in [5, 5.41) is 22.0. The Labute approximate surface area is 114 Å². The number of ether oxygens (including phenoxy) is 1. The summed E-state index contributed by atoms with van der Waals surface area (Å²) in [6, 6.07) is 2.58. The van der Waals surface area contributed by atoms with Crippen molar-refractivity contribution in [1.29, 1.82) is 0 Å². The third kappa shape index (κ3) is 3.44. The Morgan fingerprint density at radius 3 is 2.60 bits per heavy atom. The van der Waals surface area contributed by atoms with Crippen LogP contribution in [0.15, 0.2) is 18.2 Å². The van der Waals surface area contributed by atoms with Gasteiger partial charge in [0.05, 0.1) is 12.0 Å². The molecule has 1 aromatic carbocycles. The van der Waals surface area contributed by atoms with Crippen LogP contribution in [0.4, 0.5) is 5.69 Å². The van der Waals surface area contributed by atoms with Crippen molar-refractivity contribution in [3.8, 4) is 5.75 Å². The summed E-state index contributed by atoms with van der Waals surface area (Å²) in [5.41, 5.74) is -0.655. The van der Waals surface area contributed by atoms with Crippen molar-refractivity contribution in [3.63, 3.8) is 0 Å². The summed E-state index contributed by atoms with van der Waals surface area (Å²) in [6.07, 6.45) is 0.166. The van der Waals surface area contributed by atoms with E-state index in [4.69, 9.17) is 9.84 Å². The molecule has 0 aliphatic heterocycles. The van der Waals surface area contributed by atoms with E-state index in [1.54, 1.807) is 6.92 Å². The highest BCUT2D eigenvalue weighted by Crippen LogP contribution is 2.24. The molecule has 20 heavy (non-hydrogen) atoms. The lowest BCUT2D eigenvalue weighted by Gasteiger charge is -2.12. The fourth-order valence-corrected chi connectivity index (χ4v) is 1.56. The molecular weight excluding hydrogens is 268 g/mol. The molecule has 0 radical (unpaired) electrons. The standard InChI is InChI=1S/C12H14N2O6/c1-3-9(12(16)17)13-11(15)8-6-7(20-2)4-5-10(8)14(18)19/h4-6,9H,3H2,1-2H3,(H,13,15)(H,16,17). The van der Waals surface area contributed by atoms with Crippen molar-refractivity contribution >= 4 is 17.6 Å². The highest BCUT2D eigenvalue weighted by Gasteiger charge is 2.25. The summed E-state index contributed by atoms with van der Waals surface area (Å²) in [5.74, 6) is -1.76. The molecule has 108 valence electrons. The van der Waals surface area contributed by atoms with Gasteiger partial charge in [-0.2, -0.15) is 0 Å². The van der Waals surface area contributed by atoms with Gasteiger partial charge >= 0.3 is 5.97 Å². The first-order chi connectivity index (χ1) is 9.40. The minimum Gasteiger partial charge on any atom is -0.497 e. The van der Waals surface area contributed by atoms with E-state index in [-0.39, 0.29) is 17.7 Å². The van der Waals surface area contributed by atoms with Crippen LogP contribution in [0.25, 0.3) is 0 Å². The maximum atomic E-state index is 12.0. The van der Waals surface area contributed by atoms with E-state index in [1.165, 1.54) is 19.2 Å². The number of aliphatic carboxylic acids is 1. The topological polar surface area (TPSA) is 119 Å². The van der Waals surface area contributed by atoms with Crippen LogP contribution in [0.3, 0.4) is 0 Å². The molecule has 0 saturated carbocycles. The number of nitro benzene ring substituents is 1. The van der Waals surface area contributed by atoms with Gasteiger partial charge < -0.3 is 15.2 Å². The average Bonchev–Trinajstić information content (AvgIpc) is 2.43. The number of carboxylic acid groups (broad SMARTS) is 1. The smallest absolute Gasteiger partial charge is 0.326 e. The molecule has 0 saturated heterocycles. The van der Waals surface area contributed by atoms with Gasteiger partial charge in [-0.3, -0.25) is 14.9 Å². The van der Waals surface area contributed by atoms with Crippen LogP contribution >= 0.6 is 0 Å². The number of rotatable bonds is 6. The lowest BCUT2D eigenvalue weighted by molar-refractivity contribution is -0.385. The summed E-state index contributed by atoms with van der Waals surface area (Å²) < 4.78 is 4.90. The molecule has 0 aliphatic carbocycles. The third-order valence-electron chi connectivity index (χ3n) is 2.66. The predicted molar refractivity (Wildman–Crippen MR) is 68.8 cm³/mol. The molecule has 0 aliphatic rings. The molecule has 8 nitrogen and oxygen atoms in total. The minimum atomic E-state index is -1.20. The Hall–Kier alpha value is -2.64. The Morgan fingerprint density at radius 2 is 2.15 bits per heavy atom. The van der Waals surface area contributed by atoms with Crippen molar-refractivity contribution in [3.05, 3.63) is 33.9 Å². The molecule has 0 spiro atoms. The number of carbonyl (C=O) groups is 2. The number of hydrogen-bond acceptors (Lipinski definition) is 5. The zero-order chi connectivity index (χ0) is 15.3. The van der Waals surface area contributed by atoms with Crippen molar-refractivity contribution in [2.45, 2.75) is 19.4 Å². The fraction of sp³-hybridized carbons (Fsp3) is 0.333. The van der Waals surface area contributed by atoms with E-state index in [0.717, 1.165) is 6.07 Å². The number of benzene rings is 1. The second-order valence-electron chi connectivity index (χ2n) is 3.91. The number of hydrogen-bond donors (Lipinski definition) is 2. The van der Waals surface area contributed by atoms with E-state index >= 15 is 0 Å². The molecule has 1 amide bonds. The van der Waals surface area contributed by atoms with Crippen LogP contribution in [0.2, 0.25) is 0 Å². The van der Waals surface area contributed by atoms with Crippen molar-refractivity contribution < 1.29 is 24.4 Å². The van der Waals surface area contributed by atoms with Crippen LogP contribution in [0, 0.1) is 10.1 Å². The molecule has 1 atom stereocenters. The molecular formula is C12H14N2O6. The summed E-state index contributed by atoms with van der Waals surface area (Å²) in [6.45, 7) is 1.58. The molecule has 8 heteroatoms. The van der Waals surface area contributed by atoms with E-state index in [0.29, 0.717) is 0 Å². The van der Waals surface area contributed by atoms with Crippen molar-refractivity contribution in [2.24, 2.45) is 0 Å². The largest absolute Gasteiger partial charge is 0.497 e. The number of carboxylic acids is 1. The number of amides is 1. The zero-order valence-electron chi connectivity index (χ0n) is 11.0. The van der Waals surface area contributed by atoms with Gasteiger partial charge in [-0.05, 0) is 18.6 Å². The van der Waals surface area contributed by atoms with E-state index in [9.17, 15) is 19.7 Å². The Bertz CT molecular complexity index is 543. The molecule has 0 aromatic heterocycles. The normalized spacial score (nSPS) is 11.5. The first-order valence-corrected chi connectivity index (χ1v) is 5.76. The third-order valence-corrected chi connectivity index (χ3v) is 2.66. The Balaban J connectivity index is 3.12. The Morgan fingerprint density at radius 1 is 1.50 bits per heavy atom. The molecule has 1 aromatic rings. The van der Waals surface area contributed by atoms with Gasteiger partial charge in [0.15, 0.2) is 0 Å². The van der Waals surface area contributed by atoms with Crippen molar-refractivity contribution in [1.82, 2.24) is 5.32 Å². The average molecular weight is 282 g/mol. The van der Waals surface area contributed by atoms with E-state index in [1.807, 2.05) is 0 Å². The highest BCUT2D eigenvalue weighted by atomic mass is 16.6. The quantitative estimate of drug-likeness (QED) is 0.597. The first kappa shape index (κ1) is 15.4. The highest BCUT2D eigenvalue weighted by molar-refractivity contribution is 6.00. The van der Waals surface area contributed by atoms with Gasteiger partial charge in [0.25, 0.3) is 11.6 Å². The maximum Gasteiger partial charge on any atom is 0.326 e.